The molecule has 0 bridgehead atoms. The van der Waals surface area contributed by atoms with Crippen LogP contribution in [0, 0.1) is 5.92 Å². The predicted molar refractivity (Wildman–Crippen MR) is 107 cm³/mol. The van der Waals surface area contributed by atoms with Crippen LogP contribution in [0.4, 0.5) is 5.69 Å². The number of halogens is 1. The van der Waals surface area contributed by atoms with Crippen LogP contribution in [0.25, 0.3) is 5.69 Å². The van der Waals surface area contributed by atoms with Crippen molar-refractivity contribution in [2.24, 2.45) is 5.92 Å². The lowest BCUT2D eigenvalue weighted by Gasteiger charge is -2.37. The maximum Gasteiger partial charge on any atom is 0.292 e. The van der Waals surface area contributed by atoms with Crippen molar-refractivity contribution in [3.05, 3.63) is 51.9 Å². The summed E-state index contributed by atoms with van der Waals surface area (Å²) in [4.78, 5) is 28.9. The molecule has 0 spiro atoms. The summed E-state index contributed by atoms with van der Waals surface area (Å²) >= 11 is 6.37. The van der Waals surface area contributed by atoms with Gasteiger partial charge >= 0.3 is 0 Å². The van der Waals surface area contributed by atoms with Gasteiger partial charge in [-0.05, 0) is 19.2 Å². The highest BCUT2D eigenvalue weighted by Gasteiger charge is 2.26. The summed E-state index contributed by atoms with van der Waals surface area (Å²) in [5, 5.41) is 7.46. The monoisotopic (exact) mass is 389 g/mol. The van der Waals surface area contributed by atoms with Gasteiger partial charge in [-0.15, -0.1) is 0 Å². The summed E-state index contributed by atoms with van der Waals surface area (Å²) in [7, 11) is 1.84. The van der Waals surface area contributed by atoms with E-state index in [1.165, 1.54) is 4.68 Å². The lowest BCUT2D eigenvalue weighted by Crippen LogP contribution is -2.51. The van der Waals surface area contributed by atoms with Crippen molar-refractivity contribution in [3.8, 4) is 5.69 Å². The number of carbonyl (C=O) groups excluding carboxylic acids is 1. The quantitative estimate of drug-likeness (QED) is 0.836. The first-order valence-electron chi connectivity index (χ1n) is 9.04. The number of aromatic nitrogens is 2. The molecule has 3 rings (SSSR count). The van der Waals surface area contributed by atoms with Gasteiger partial charge < -0.3 is 15.1 Å². The Bertz CT molecular complexity index is 847. The van der Waals surface area contributed by atoms with Crippen molar-refractivity contribution in [2.45, 2.75) is 6.92 Å². The van der Waals surface area contributed by atoms with Crippen LogP contribution in [0.15, 0.2) is 41.3 Å². The SMILES string of the molecule is CNCC(C)C(=O)N1CCN(c2cnn(-c3ccccc3)c(=O)c2Cl)CC1. The van der Waals surface area contributed by atoms with Crippen LogP contribution in [-0.4, -0.2) is 60.4 Å². The van der Waals surface area contributed by atoms with E-state index in [1.54, 1.807) is 18.3 Å². The summed E-state index contributed by atoms with van der Waals surface area (Å²) in [6, 6.07) is 9.18. The molecular formula is C19H24ClN5O2. The van der Waals surface area contributed by atoms with Crippen molar-refractivity contribution >= 4 is 23.2 Å². The summed E-state index contributed by atoms with van der Waals surface area (Å²) in [6.07, 6.45) is 1.62. The number of anilines is 1. The van der Waals surface area contributed by atoms with Crippen LogP contribution in [0.5, 0.6) is 0 Å². The molecular weight excluding hydrogens is 366 g/mol. The van der Waals surface area contributed by atoms with Gasteiger partial charge in [0.1, 0.15) is 5.02 Å². The van der Waals surface area contributed by atoms with Crippen molar-refractivity contribution in [1.29, 1.82) is 0 Å². The van der Waals surface area contributed by atoms with Crippen LogP contribution >= 0.6 is 11.6 Å². The van der Waals surface area contributed by atoms with Crippen molar-refractivity contribution in [1.82, 2.24) is 20.0 Å². The third kappa shape index (κ3) is 4.14. The number of nitrogens with one attached hydrogen (secondary N) is 1. The average Bonchev–Trinajstić information content (AvgIpc) is 2.70. The third-order valence-electron chi connectivity index (χ3n) is 4.77. The van der Waals surface area contributed by atoms with Gasteiger partial charge in [-0.2, -0.15) is 9.78 Å². The zero-order chi connectivity index (χ0) is 19.4. The fourth-order valence-electron chi connectivity index (χ4n) is 3.27. The van der Waals surface area contributed by atoms with Gasteiger partial charge in [0, 0.05) is 38.6 Å². The van der Waals surface area contributed by atoms with Gasteiger partial charge in [-0.25, -0.2) is 0 Å². The highest BCUT2D eigenvalue weighted by atomic mass is 35.5. The lowest BCUT2D eigenvalue weighted by molar-refractivity contribution is -0.135. The van der Waals surface area contributed by atoms with E-state index < -0.39 is 0 Å². The minimum absolute atomic E-state index is 0.0541. The molecule has 0 aliphatic carbocycles. The highest BCUT2D eigenvalue weighted by Crippen LogP contribution is 2.23. The molecule has 27 heavy (non-hydrogen) atoms. The van der Waals surface area contributed by atoms with E-state index in [0.717, 1.165) is 0 Å². The second kappa shape index (κ2) is 8.54. The fourth-order valence-corrected chi connectivity index (χ4v) is 3.52. The molecule has 1 atom stereocenters. The van der Waals surface area contributed by atoms with Crippen molar-refractivity contribution in [3.63, 3.8) is 0 Å². The van der Waals surface area contributed by atoms with E-state index in [1.807, 2.05) is 42.0 Å². The van der Waals surface area contributed by atoms with Crippen LogP contribution in [-0.2, 0) is 4.79 Å². The Kier molecular flexibility index (Phi) is 6.13. The molecule has 8 heteroatoms. The van der Waals surface area contributed by atoms with Gasteiger partial charge in [0.2, 0.25) is 5.91 Å². The van der Waals surface area contributed by atoms with Crippen LogP contribution in [0.1, 0.15) is 6.92 Å². The van der Waals surface area contributed by atoms with Crippen LogP contribution < -0.4 is 15.8 Å². The molecule has 2 heterocycles. The second-order valence-electron chi connectivity index (χ2n) is 6.67. The number of rotatable bonds is 5. The summed E-state index contributed by atoms with van der Waals surface area (Å²) < 4.78 is 1.30. The second-order valence-corrected chi connectivity index (χ2v) is 7.05. The van der Waals surface area contributed by atoms with Gasteiger partial charge in [0.15, 0.2) is 0 Å². The number of carbonyl (C=O) groups is 1. The van der Waals surface area contributed by atoms with Gasteiger partial charge in [0.25, 0.3) is 5.56 Å². The number of nitrogens with zero attached hydrogens (tertiary/aromatic N) is 4. The first-order valence-corrected chi connectivity index (χ1v) is 9.42. The smallest absolute Gasteiger partial charge is 0.292 e. The Hall–Kier alpha value is -2.38. The number of piperazine rings is 1. The predicted octanol–water partition coefficient (Wildman–Crippen LogP) is 1.39. The molecule has 1 amide bonds. The van der Waals surface area contributed by atoms with E-state index in [9.17, 15) is 9.59 Å². The minimum Gasteiger partial charge on any atom is -0.365 e. The Morgan fingerprint density at radius 1 is 1.22 bits per heavy atom. The highest BCUT2D eigenvalue weighted by molar-refractivity contribution is 6.33. The maximum atomic E-state index is 12.6. The Balaban J connectivity index is 1.73. The summed E-state index contributed by atoms with van der Waals surface area (Å²) in [5.41, 5.74) is 0.940. The number of hydrogen-bond donors (Lipinski definition) is 1. The zero-order valence-electron chi connectivity index (χ0n) is 15.6. The zero-order valence-corrected chi connectivity index (χ0v) is 16.3. The molecule has 1 unspecified atom stereocenters. The molecule has 0 radical (unpaired) electrons. The summed E-state index contributed by atoms with van der Waals surface area (Å²) in [6.45, 7) is 5.03. The maximum absolute atomic E-state index is 12.6. The summed E-state index contributed by atoms with van der Waals surface area (Å²) in [5.74, 6) is 0.0920. The molecule has 1 aliphatic rings. The normalized spacial score (nSPS) is 15.7. The van der Waals surface area contributed by atoms with E-state index in [-0.39, 0.29) is 22.4 Å². The standard InChI is InChI=1S/C19H24ClN5O2/c1-14(12-21-2)18(26)24-10-8-23(9-11-24)16-13-22-25(19(27)17(16)20)15-6-4-3-5-7-15/h3-7,13-14,21H,8-12H2,1-2H3. The van der Waals surface area contributed by atoms with Crippen LogP contribution in [0.2, 0.25) is 5.02 Å². The molecule has 1 fully saturated rings. The Morgan fingerprint density at radius 2 is 1.89 bits per heavy atom. The number of benzene rings is 1. The van der Waals surface area contributed by atoms with E-state index in [0.29, 0.717) is 44.1 Å². The molecule has 1 aliphatic heterocycles. The molecule has 1 saturated heterocycles. The average molecular weight is 390 g/mol. The number of hydrogen-bond acceptors (Lipinski definition) is 5. The first-order chi connectivity index (χ1) is 13.0. The Morgan fingerprint density at radius 3 is 2.52 bits per heavy atom. The number of amides is 1. The third-order valence-corrected chi connectivity index (χ3v) is 5.12. The molecule has 0 saturated carbocycles. The van der Waals surface area contributed by atoms with Gasteiger partial charge in [-0.3, -0.25) is 9.59 Å². The van der Waals surface area contributed by atoms with E-state index in [4.69, 9.17) is 11.6 Å². The molecule has 7 nitrogen and oxygen atoms in total. The number of para-hydroxylation sites is 1. The largest absolute Gasteiger partial charge is 0.365 e. The minimum atomic E-state index is -0.346. The van der Waals surface area contributed by atoms with Crippen LogP contribution in [0.3, 0.4) is 0 Å². The molecule has 1 aromatic heterocycles. The fraction of sp³-hybridized carbons (Fsp3) is 0.421. The van der Waals surface area contributed by atoms with Crippen molar-refractivity contribution < 1.29 is 4.79 Å². The topological polar surface area (TPSA) is 70.5 Å². The van der Waals surface area contributed by atoms with E-state index >= 15 is 0 Å². The van der Waals surface area contributed by atoms with Gasteiger partial charge in [-0.1, -0.05) is 36.7 Å². The Labute approximate surface area is 163 Å². The van der Waals surface area contributed by atoms with Crippen molar-refractivity contribution in [2.75, 3.05) is 44.7 Å². The molecule has 144 valence electrons. The van der Waals surface area contributed by atoms with E-state index in [2.05, 4.69) is 10.4 Å². The lowest BCUT2D eigenvalue weighted by atomic mass is 10.1. The molecule has 2 aromatic rings. The van der Waals surface area contributed by atoms with Gasteiger partial charge in [0.05, 0.1) is 17.6 Å². The first kappa shape index (κ1) is 19.4. The molecule has 1 N–H and O–H groups in total. The molecule has 1 aromatic carbocycles.